The molecule has 1 aromatic heterocycles. The SMILES string of the molecule is CC(C)n1ncc2c1CCC(CCN)C2. The average molecular weight is 207 g/mol. The van der Waals surface area contributed by atoms with Gasteiger partial charge in [-0.1, -0.05) is 0 Å². The summed E-state index contributed by atoms with van der Waals surface area (Å²) in [5, 5.41) is 4.48. The minimum atomic E-state index is 0.486. The predicted molar refractivity (Wildman–Crippen MR) is 61.8 cm³/mol. The molecule has 0 bridgehead atoms. The molecule has 15 heavy (non-hydrogen) atoms. The molecule has 1 aromatic rings. The van der Waals surface area contributed by atoms with E-state index in [1.54, 1.807) is 0 Å². The third-order valence-corrected chi connectivity index (χ3v) is 3.35. The molecule has 0 amide bonds. The van der Waals surface area contributed by atoms with E-state index in [4.69, 9.17) is 5.73 Å². The molecule has 1 aliphatic carbocycles. The van der Waals surface area contributed by atoms with Gasteiger partial charge in [0.05, 0.1) is 6.20 Å². The van der Waals surface area contributed by atoms with Crippen molar-refractivity contribution in [3.05, 3.63) is 17.5 Å². The van der Waals surface area contributed by atoms with E-state index in [9.17, 15) is 0 Å². The minimum Gasteiger partial charge on any atom is -0.330 e. The molecule has 84 valence electrons. The molecular formula is C12H21N3. The Labute approximate surface area is 91.7 Å². The fourth-order valence-electron chi connectivity index (χ4n) is 2.55. The van der Waals surface area contributed by atoms with Gasteiger partial charge in [-0.3, -0.25) is 4.68 Å². The monoisotopic (exact) mass is 207 g/mol. The van der Waals surface area contributed by atoms with Crippen LogP contribution in [0, 0.1) is 5.92 Å². The Balaban J connectivity index is 2.15. The first-order chi connectivity index (χ1) is 7.22. The second kappa shape index (κ2) is 4.35. The lowest BCUT2D eigenvalue weighted by Gasteiger charge is -2.23. The zero-order valence-electron chi connectivity index (χ0n) is 9.74. The first-order valence-electron chi connectivity index (χ1n) is 5.97. The second-order valence-electron chi connectivity index (χ2n) is 4.84. The van der Waals surface area contributed by atoms with E-state index in [0.717, 1.165) is 18.9 Å². The molecule has 1 heterocycles. The lowest BCUT2D eigenvalue weighted by molar-refractivity contribution is 0.411. The molecule has 3 nitrogen and oxygen atoms in total. The molecule has 0 radical (unpaired) electrons. The summed E-state index contributed by atoms with van der Waals surface area (Å²) in [5.41, 5.74) is 8.52. The van der Waals surface area contributed by atoms with Gasteiger partial charge < -0.3 is 5.73 Å². The maximum atomic E-state index is 5.61. The highest BCUT2D eigenvalue weighted by molar-refractivity contribution is 5.22. The number of rotatable bonds is 3. The third-order valence-electron chi connectivity index (χ3n) is 3.35. The zero-order chi connectivity index (χ0) is 10.8. The summed E-state index contributed by atoms with van der Waals surface area (Å²) in [4.78, 5) is 0. The van der Waals surface area contributed by atoms with Crippen LogP contribution in [0.4, 0.5) is 0 Å². The van der Waals surface area contributed by atoms with Crippen molar-refractivity contribution in [3.63, 3.8) is 0 Å². The number of nitrogens with zero attached hydrogens (tertiary/aromatic N) is 2. The van der Waals surface area contributed by atoms with Gasteiger partial charge in [-0.05, 0) is 57.6 Å². The lowest BCUT2D eigenvalue weighted by atomic mass is 9.85. The third kappa shape index (κ3) is 2.07. The van der Waals surface area contributed by atoms with Crippen LogP contribution < -0.4 is 5.73 Å². The van der Waals surface area contributed by atoms with Gasteiger partial charge in [-0.15, -0.1) is 0 Å². The highest BCUT2D eigenvalue weighted by atomic mass is 15.3. The molecule has 1 atom stereocenters. The maximum Gasteiger partial charge on any atom is 0.0524 e. The zero-order valence-corrected chi connectivity index (χ0v) is 9.74. The molecule has 2 rings (SSSR count). The molecule has 0 spiro atoms. The van der Waals surface area contributed by atoms with Gasteiger partial charge in [0.2, 0.25) is 0 Å². The van der Waals surface area contributed by atoms with Crippen LogP contribution in [0.2, 0.25) is 0 Å². The van der Waals surface area contributed by atoms with E-state index in [1.807, 2.05) is 0 Å². The Hall–Kier alpha value is -0.830. The summed E-state index contributed by atoms with van der Waals surface area (Å²) in [6, 6.07) is 0.486. The number of fused-ring (bicyclic) bond motifs is 1. The van der Waals surface area contributed by atoms with E-state index >= 15 is 0 Å². The van der Waals surface area contributed by atoms with Crippen molar-refractivity contribution in [2.75, 3.05) is 6.54 Å². The van der Waals surface area contributed by atoms with Crippen molar-refractivity contribution in [1.29, 1.82) is 0 Å². The summed E-state index contributed by atoms with van der Waals surface area (Å²) in [6.45, 7) is 5.21. The van der Waals surface area contributed by atoms with Gasteiger partial charge in [0.1, 0.15) is 0 Å². The summed E-state index contributed by atoms with van der Waals surface area (Å²) in [6.07, 6.45) is 6.85. The molecule has 3 heteroatoms. The topological polar surface area (TPSA) is 43.8 Å². The number of hydrogen-bond acceptors (Lipinski definition) is 2. The van der Waals surface area contributed by atoms with E-state index in [1.165, 1.54) is 30.5 Å². The molecular weight excluding hydrogens is 186 g/mol. The minimum absolute atomic E-state index is 0.486. The van der Waals surface area contributed by atoms with Crippen LogP contribution >= 0.6 is 0 Å². The summed E-state index contributed by atoms with van der Waals surface area (Å²) in [5.74, 6) is 0.785. The maximum absolute atomic E-state index is 5.61. The van der Waals surface area contributed by atoms with Crippen molar-refractivity contribution in [3.8, 4) is 0 Å². The lowest BCUT2D eigenvalue weighted by Crippen LogP contribution is -2.19. The van der Waals surface area contributed by atoms with Crippen molar-refractivity contribution in [1.82, 2.24) is 9.78 Å². The van der Waals surface area contributed by atoms with E-state index < -0.39 is 0 Å². The Bertz CT molecular complexity index is 328. The molecule has 1 aliphatic rings. The first kappa shape index (κ1) is 10.7. The number of hydrogen-bond donors (Lipinski definition) is 1. The Morgan fingerprint density at radius 1 is 1.60 bits per heavy atom. The van der Waals surface area contributed by atoms with Crippen molar-refractivity contribution in [2.24, 2.45) is 11.7 Å². The van der Waals surface area contributed by atoms with Gasteiger partial charge in [0.15, 0.2) is 0 Å². The van der Waals surface area contributed by atoms with Crippen LogP contribution in [0.3, 0.4) is 0 Å². The normalized spacial score (nSPS) is 20.7. The van der Waals surface area contributed by atoms with Crippen LogP contribution in [0.1, 0.15) is 44.0 Å². The van der Waals surface area contributed by atoms with Gasteiger partial charge in [-0.2, -0.15) is 5.10 Å². The Morgan fingerprint density at radius 2 is 2.40 bits per heavy atom. The van der Waals surface area contributed by atoms with Crippen LogP contribution in [0.15, 0.2) is 6.20 Å². The van der Waals surface area contributed by atoms with Crippen LogP contribution in [0.25, 0.3) is 0 Å². The largest absolute Gasteiger partial charge is 0.330 e. The van der Waals surface area contributed by atoms with Crippen molar-refractivity contribution in [2.45, 2.75) is 45.6 Å². The first-order valence-corrected chi connectivity index (χ1v) is 5.97. The Morgan fingerprint density at radius 3 is 3.07 bits per heavy atom. The van der Waals surface area contributed by atoms with Gasteiger partial charge >= 0.3 is 0 Å². The average Bonchev–Trinajstić information content (AvgIpc) is 2.61. The summed E-state index contributed by atoms with van der Waals surface area (Å²) in [7, 11) is 0. The van der Waals surface area contributed by atoms with E-state index in [2.05, 4.69) is 29.8 Å². The van der Waals surface area contributed by atoms with Crippen LogP contribution in [0.5, 0.6) is 0 Å². The quantitative estimate of drug-likeness (QED) is 0.823. The summed E-state index contributed by atoms with van der Waals surface area (Å²) < 4.78 is 2.17. The molecule has 0 saturated heterocycles. The predicted octanol–water partition coefficient (Wildman–Crippen LogP) is 1.92. The highest BCUT2D eigenvalue weighted by Crippen LogP contribution is 2.28. The van der Waals surface area contributed by atoms with Crippen LogP contribution in [-0.4, -0.2) is 16.3 Å². The van der Waals surface area contributed by atoms with Crippen LogP contribution in [-0.2, 0) is 12.8 Å². The van der Waals surface area contributed by atoms with Crippen molar-refractivity contribution < 1.29 is 0 Å². The standard InChI is InChI=1S/C12H21N3/c1-9(2)15-12-4-3-10(5-6-13)7-11(12)8-14-15/h8-10H,3-7,13H2,1-2H3. The molecule has 1 unspecified atom stereocenters. The van der Waals surface area contributed by atoms with E-state index in [0.29, 0.717) is 6.04 Å². The summed E-state index contributed by atoms with van der Waals surface area (Å²) >= 11 is 0. The van der Waals surface area contributed by atoms with Crippen molar-refractivity contribution >= 4 is 0 Å². The second-order valence-corrected chi connectivity index (χ2v) is 4.84. The molecule has 0 aliphatic heterocycles. The number of aromatic nitrogens is 2. The molecule has 2 N–H and O–H groups in total. The Kier molecular flexibility index (Phi) is 3.10. The molecule has 0 fully saturated rings. The number of nitrogens with two attached hydrogens (primary N) is 1. The molecule has 0 aromatic carbocycles. The molecule has 0 saturated carbocycles. The highest BCUT2D eigenvalue weighted by Gasteiger charge is 2.22. The van der Waals surface area contributed by atoms with Gasteiger partial charge in [0, 0.05) is 11.7 Å². The van der Waals surface area contributed by atoms with Gasteiger partial charge in [0.25, 0.3) is 0 Å². The fourth-order valence-corrected chi connectivity index (χ4v) is 2.55. The smallest absolute Gasteiger partial charge is 0.0524 e. The van der Waals surface area contributed by atoms with E-state index in [-0.39, 0.29) is 0 Å². The van der Waals surface area contributed by atoms with Gasteiger partial charge in [-0.25, -0.2) is 0 Å². The fraction of sp³-hybridized carbons (Fsp3) is 0.750.